The Kier molecular flexibility index (Phi) is 7.28. The summed E-state index contributed by atoms with van der Waals surface area (Å²) in [6, 6.07) is 0. The van der Waals surface area contributed by atoms with Gasteiger partial charge in [-0.25, -0.2) is 0 Å². The predicted molar refractivity (Wildman–Crippen MR) is 73.4 cm³/mol. The van der Waals surface area contributed by atoms with E-state index in [0.29, 0.717) is 18.8 Å². The second-order valence-electron chi connectivity index (χ2n) is 5.66. The van der Waals surface area contributed by atoms with Gasteiger partial charge in [0.2, 0.25) is 5.91 Å². The topological polar surface area (TPSA) is 52.6 Å². The van der Waals surface area contributed by atoms with E-state index in [9.17, 15) is 4.79 Å². The number of hydrogen-bond acceptors (Lipinski definition) is 3. The van der Waals surface area contributed by atoms with Gasteiger partial charge in [0, 0.05) is 19.5 Å². The number of amides is 1. The third-order valence-electron chi connectivity index (χ3n) is 3.46. The maximum absolute atomic E-state index is 11.5. The van der Waals surface area contributed by atoms with Crippen LogP contribution in [0.1, 0.15) is 46.0 Å². The van der Waals surface area contributed by atoms with Gasteiger partial charge in [-0.15, -0.1) is 0 Å². The van der Waals surface area contributed by atoms with Gasteiger partial charge in [-0.05, 0) is 45.2 Å². The number of aliphatic hydroxyl groups is 1. The number of carbonyl (C=O) groups excluding carboxylic acids is 1. The van der Waals surface area contributed by atoms with Gasteiger partial charge in [0.25, 0.3) is 0 Å². The fraction of sp³-hybridized carbons (Fsp3) is 0.929. The Morgan fingerprint density at radius 2 is 1.94 bits per heavy atom. The molecule has 1 saturated heterocycles. The lowest BCUT2D eigenvalue weighted by Crippen LogP contribution is -2.38. The highest BCUT2D eigenvalue weighted by atomic mass is 16.3. The van der Waals surface area contributed by atoms with Crippen molar-refractivity contribution < 1.29 is 9.90 Å². The van der Waals surface area contributed by atoms with Crippen LogP contribution in [0.2, 0.25) is 0 Å². The predicted octanol–water partition coefficient (Wildman–Crippen LogP) is 1.39. The first kappa shape index (κ1) is 15.4. The molecule has 0 radical (unpaired) electrons. The summed E-state index contributed by atoms with van der Waals surface area (Å²) >= 11 is 0. The average Bonchev–Trinajstić information content (AvgIpc) is 2.35. The van der Waals surface area contributed by atoms with Crippen molar-refractivity contribution in [3.8, 4) is 0 Å². The minimum Gasteiger partial charge on any atom is -0.393 e. The number of aliphatic hydroxyl groups excluding tert-OH is 1. The van der Waals surface area contributed by atoms with E-state index in [1.807, 2.05) is 0 Å². The second kappa shape index (κ2) is 8.48. The van der Waals surface area contributed by atoms with Crippen molar-refractivity contribution in [1.82, 2.24) is 10.2 Å². The Morgan fingerprint density at radius 3 is 2.56 bits per heavy atom. The molecule has 2 atom stereocenters. The fourth-order valence-corrected chi connectivity index (χ4v) is 2.36. The number of hydrogen-bond donors (Lipinski definition) is 2. The van der Waals surface area contributed by atoms with E-state index in [1.165, 1.54) is 32.4 Å². The summed E-state index contributed by atoms with van der Waals surface area (Å²) in [7, 11) is 0. The smallest absolute Gasteiger partial charge is 0.220 e. The lowest BCUT2D eigenvalue weighted by molar-refractivity contribution is -0.121. The summed E-state index contributed by atoms with van der Waals surface area (Å²) in [4.78, 5) is 14.0. The Bertz CT molecular complexity index is 238. The first-order valence-electron chi connectivity index (χ1n) is 7.25. The standard InChI is InChI=1S/C14H28N2O2/c1-12(11-16-8-4-3-5-9-16)10-15-14(18)7-6-13(2)17/h12-13,17H,3-11H2,1-2H3,(H,15,18). The third-order valence-corrected chi connectivity index (χ3v) is 3.46. The van der Waals surface area contributed by atoms with Crippen molar-refractivity contribution >= 4 is 5.91 Å². The number of rotatable bonds is 7. The molecule has 2 unspecified atom stereocenters. The molecule has 4 nitrogen and oxygen atoms in total. The lowest BCUT2D eigenvalue weighted by atomic mass is 10.1. The number of likely N-dealkylation sites (tertiary alicyclic amines) is 1. The van der Waals surface area contributed by atoms with E-state index in [2.05, 4.69) is 17.1 Å². The molecule has 0 saturated carbocycles. The van der Waals surface area contributed by atoms with Gasteiger partial charge in [-0.2, -0.15) is 0 Å². The molecule has 4 heteroatoms. The minimum absolute atomic E-state index is 0.0568. The van der Waals surface area contributed by atoms with Crippen LogP contribution in [-0.2, 0) is 4.79 Å². The van der Waals surface area contributed by atoms with Gasteiger partial charge in [-0.1, -0.05) is 13.3 Å². The van der Waals surface area contributed by atoms with Crippen molar-refractivity contribution in [2.75, 3.05) is 26.2 Å². The molecule has 0 aromatic heterocycles. The second-order valence-corrected chi connectivity index (χ2v) is 5.66. The first-order chi connectivity index (χ1) is 8.58. The van der Waals surface area contributed by atoms with E-state index in [-0.39, 0.29) is 12.0 Å². The largest absolute Gasteiger partial charge is 0.393 e. The average molecular weight is 256 g/mol. The van der Waals surface area contributed by atoms with Crippen molar-refractivity contribution in [2.24, 2.45) is 5.92 Å². The Morgan fingerprint density at radius 1 is 1.28 bits per heavy atom. The molecule has 1 amide bonds. The summed E-state index contributed by atoms with van der Waals surface area (Å²) in [6.45, 7) is 8.14. The molecule has 0 bridgehead atoms. The van der Waals surface area contributed by atoms with Gasteiger partial charge in [0.15, 0.2) is 0 Å². The van der Waals surface area contributed by atoms with Crippen molar-refractivity contribution in [1.29, 1.82) is 0 Å². The zero-order valence-electron chi connectivity index (χ0n) is 11.8. The number of piperidine rings is 1. The summed E-state index contributed by atoms with van der Waals surface area (Å²) < 4.78 is 0. The summed E-state index contributed by atoms with van der Waals surface area (Å²) in [5, 5.41) is 12.1. The van der Waals surface area contributed by atoms with Gasteiger partial charge in [0.1, 0.15) is 0 Å². The highest BCUT2D eigenvalue weighted by molar-refractivity contribution is 5.75. The van der Waals surface area contributed by atoms with E-state index < -0.39 is 0 Å². The maximum Gasteiger partial charge on any atom is 0.220 e. The Balaban J connectivity index is 2.08. The third kappa shape index (κ3) is 6.97. The molecule has 2 N–H and O–H groups in total. The molecule has 0 spiro atoms. The molecule has 1 rings (SSSR count). The van der Waals surface area contributed by atoms with Gasteiger partial charge < -0.3 is 15.3 Å². The molecule has 0 aliphatic carbocycles. The molecule has 0 aromatic carbocycles. The number of nitrogens with zero attached hydrogens (tertiary/aromatic N) is 1. The molecular formula is C14H28N2O2. The van der Waals surface area contributed by atoms with Crippen LogP contribution in [0, 0.1) is 5.92 Å². The molecule has 1 heterocycles. The van der Waals surface area contributed by atoms with E-state index >= 15 is 0 Å². The van der Waals surface area contributed by atoms with Crippen molar-refractivity contribution in [3.63, 3.8) is 0 Å². The van der Waals surface area contributed by atoms with Gasteiger partial charge in [0.05, 0.1) is 6.10 Å². The van der Waals surface area contributed by atoms with Gasteiger partial charge >= 0.3 is 0 Å². The summed E-state index contributed by atoms with van der Waals surface area (Å²) in [5.74, 6) is 0.556. The summed E-state index contributed by atoms with van der Waals surface area (Å²) in [6.07, 6.45) is 4.57. The van der Waals surface area contributed by atoms with E-state index in [4.69, 9.17) is 5.11 Å². The normalized spacial score (nSPS) is 20.4. The highest BCUT2D eigenvalue weighted by Crippen LogP contribution is 2.10. The number of carbonyl (C=O) groups is 1. The number of nitrogens with one attached hydrogen (secondary N) is 1. The van der Waals surface area contributed by atoms with E-state index in [1.54, 1.807) is 6.92 Å². The highest BCUT2D eigenvalue weighted by Gasteiger charge is 2.14. The molecule has 1 fully saturated rings. The zero-order valence-corrected chi connectivity index (χ0v) is 11.8. The maximum atomic E-state index is 11.5. The summed E-state index contributed by atoms with van der Waals surface area (Å²) in [5.41, 5.74) is 0. The molecule has 1 aliphatic heterocycles. The van der Waals surface area contributed by atoms with Crippen molar-refractivity contribution in [2.45, 2.75) is 52.1 Å². The van der Waals surface area contributed by atoms with Crippen LogP contribution >= 0.6 is 0 Å². The molecule has 0 aromatic rings. The van der Waals surface area contributed by atoms with Crippen LogP contribution in [0.25, 0.3) is 0 Å². The SMILES string of the molecule is CC(O)CCC(=O)NCC(C)CN1CCCCC1. The van der Waals surface area contributed by atoms with Gasteiger partial charge in [-0.3, -0.25) is 4.79 Å². The minimum atomic E-state index is -0.387. The molecule has 18 heavy (non-hydrogen) atoms. The monoisotopic (exact) mass is 256 g/mol. The molecule has 106 valence electrons. The quantitative estimate of drug-likeness (QED) is 0.723. The molecule has 1 aliphatic rings. The Labute approximate surface area is 111 Å². The first-order valence-corrected chi connectivity index (χ1v) is 7.25. The fourth-order valence-electron chi connectivity index (χ4n) is 2.36. The van der Waals surface area contributed by atoms with E-state index in [0.717, 1.165) is 13.1 Å². The van der Waals surface area contributed by atoms with Crippen LogP contribution in [0.4, 0.5) is 0 Å². The van der Waals surface area contributed by atoms with Crippen molar-refractivity contribution in [3.05, 3.63) is 0 Å². The van der Waals surface area contributed by atoms with Crippen LogP contribution < -0.4 is 5.32 Å². The Hall–Kier alpha value is -0.610. The van der Waals surface area contributed by atoms with Crippen LogP contribution in [-0.4, -0.2) is 48.2 Å². The van der Waals surface area contributed by atoms with Crippen LogP contribution in [0.5, 0.6) is 0 Å². The van der Waals surface area contributed by atoms with Crippen LogP contribution in [0.3, 0.4) is 0 Å². The molecular weight excluding hydrogens is 228 g/mol. The lowest BCUT2D eigenvalue weighted by Gasteiger charge is -2.29. The zero-order chi connectivity index (χ0) is 13.4. The van der Waals surface area contributed by atoms with Crippen LogP contribution in [0.15, 0.2) is 0 Å².